The van der Waals surface area contributed by atoms with Gasteiger partial charge >= 0.3 is 6.03 Å². The van der Waals surface area contributed by atoms with E-state index in [0.29, 0.717) is 29.3 Å². The van der Waals surface area contributed by atoms with E-state index in [9.17, 15) is 4.79 Å². The number of ether oxygens (including phenoxy) is 2. The molecular formula is C15H21N3O3. The number of amides is 2. The van der Waals surface area contributed by atoms with Gasteiger partial charge in [-0.25, -0.2) is 9.80 Å². The molecule has 1 saturated heterocycles. The van der Waals surface area contributed by atoms with Crippen molar-refractivity contribution in [3.63, 3.8) is 0 Å². The predicted octanol–water partition coefficient (Wildman–Crippen LogP) is 2.71. The van der Waals surface area contributed by atoms with Gasteiger partial charge in [0.25, 0.3) is 0 Å². The van der Waals surface area contributed by atoms with Crippen LogP contribution in [-0.4, -0.2) is 29.9 Å². The van der Waals surface area contributed by atoms with E-state index in [1.165, 1.54) is 6.42 Å². The standard InChI is InChI=1S/C15H21N3O3/c1-10-4-3-5-11(2)18(10)17-15(19)16-12-6-7-13-14(8-12)21-9-20-13/h6-8,10-11H,3-5,9H2,1-2H3,(H2,16,17,19)/t10-,11-/m0/s1. The van der Waals surface area contributed by atoms with Crippen molar-refractivity contribution in [2.24, 2.45) is 0 Å². The van der Waals surface area contributed by atoms with Crippen LogP contribution in [0.3, 0.4) is 0 Å². The summed E-state index contributed by atoms with van der Waals surface area (Å²) in [6.07, 6.45) is 3.42. The summed E-state index contributed by atoms with van der Waals surface area (Å²) in [5.41, 5.74) is 3.63. The van der Waals surface area contributed by atoms with Crippen LogP contribution in [0.1, 0.15) is 33.1 Å². The van der Waals surface area contributed by atoms with Crippen LogP contribution in [0.5, 0.6) is 11.5 Å². The second-order valence-electron chi connectivity index (χ2n) is 5.67. The van der Waals surface area contributed by atoms with Gasteiger partial charge in [-0.15, -0.1) is 0 Å². The third-order valence-electron chi connectivity index (χ3n) is 4.05. The smallest absolute Gasteiger partial charge is 0.333 e. The molecular weight excluding hydrogens is 270 g/mol. The van der Waals surface area contributed by atoms with Gasteiger partial charge in [-0.3, -0.25) is 5.43 Å². The zero-order chi connectivity index (χ0) is 14.8. The van der Waals surface area contributed by atoms with E-state index in [4.69, 9.17) is 9.47 Å². The fraction of sp³-hybridized carbons (Fsp3) is 0.533. The van der Waals surface area contributed by atoms with Crippen molar-refractivity contribution in [2.75, 3.05) is 12.1 Å². The number of carbonyl (C=O) groups is 1. The van der Waals surface area contributed by atoms with Crippen LogP contribution >= 0.6 is 0 Å². The van der Waals surface area contributed by atoms with Gasteiger partial charge in [0, 0.05) is 23.8 Å². The zero-order valence-electron chi connectivity index (χ0n) is 12.4. The molecule has 0 aromatic heterocycles. The van der Waals surface area contributed by atoms with Crippen LogP contribution in [0.15, 0.2) is 18.2 Å². The van der Waals surface area contributed by atoms with E-state index in [-0.39, 0.29) is 12.8 Å². The average Bonchev–Trinajstić information content (AvgIpc) is 2.90. The minimum Gasteiger partial charge on any atom is -0.454 e. The number of hydrogen-bond donors (Lipinski definition) is 2. The number of hydrazine groups is 1. The molecule has 2 aliphatic heterocycles. The Bertz CT molecular complexity index is 525. The molecule has 1 fully saturated rings. The molecule has 1 aromatic carbocycles. The lowest BCUT2D eigenvalue weighted by Crippen LogP contribution is -2.55. The fourth-order valence-corrected chi connectivity index (χ4v) is 2.89. The van der Waals surface area contributed by atoms with Crippen LogP contribution in [0.2, 0.25) is 0 Å². The number of anilines is 1. The molecule has 1 aromatic rings. The van der Waals surface area contributed by atoms with Gasteiger partial charge in [0.15, 0.2) is 11.5 Å². The van der Waals surface area contributed by atoms with Gasteiger partial charge in [-0.2, -0.15) is 0 Å². The minimum absolute atomic E-state index is 0.227. The van der Waals surface area contributed by atoms with Crippen LogP contribution in [0.4, 0.5) is 10.5 Å². The van der Waals surface area contributed by atoms with E-state index in [2.05, 4.69) is 24.6 Å². The van der Waals surface area contributed by atoms with Crippen molar-refractivity contribution >= 4 is 11.7 Å². The van der Waals surface area contributed by atoms with Crippen LogP contribution in [0.25, 0.3) is 0 Å². The molecule has 6 heteroatoms. The second-order valence-corrected chi connectivity index (χ2v) is 5.67. The molecule has 0 radical (unpaired) electrons. The molecule has 0 aliphatic carbocycles. The lowest BCUT2D eigenvalue weighted by molar-refractivity contribution is 0.0625. The molecule has 2 atom stereocenters. The monoisotopic (exact) mass is 291 g/mol. The average molecular weight is 291 g/mol. The van der Waals surface area contributed by atoms with E-state index in [1.807, 2.05) is 5.01 Å². The van der Waals surface area contributed by atoms with Gasteiger partial charge in [-0.05, 0) is 38.8 Å². The van der Waals surface area contributed by atoms with E-state index < -0.39 is 0 Å². The van der Waals surface area contributed by atoms with Crippen molar-refractivity contribution in [1.82, 2.24) is 10.4 Å². The maximum atomic E-state index is 12.1. The van der Waals surface area contributed by atoms with Gasteiger partial charge < -0.3 is 14.8 Å². The third-order valence-corrected chi connectivity index (χ3v) is 4.05. The highest BCUT2D eigenvalue weighted by Crippen LogP contribution is 2.34. The molecule has 2 heterocycles. The van der Waals surface area contributed by atoms with Crippen LogP contribution in [-0.2, 0) is 0 Å². The lowest BCUT2D eigenvalue weighted by atomic mass is 10.00. The number of fused-ring (bicyclic) bond motifs is 1. The summed E-state index contributed by atoms with van der Waals surface area (Å²) in [6, 6.07) is 5.85. The quantitative estimate of drug-likeness (QED) is 0.879. The third kappa shape index (κ3) is 3.05. The molecule has 0 saturated carbocycles. The first-order valence-electron chi connectivity index (χ1n) is 7.39. The Labute approximate surface area is 124 Å². The Balaban J connectivity index is 1.61. The molecule has 114 valence electrons. The molecule has 2 amide bonds. The minimum atomic E-state index is -0.227. The summed E-state index contributed by atoms with van der Waals surface area (Å²) in [7, 11) is 0. The molecule has 0 spiro atoms. The molecule has 0 unspecified atom stereocenters. The lowest BCUT2D eigenvalue weighted by Gasteiger charge is -2.38. The molecule has 6 nitrogen and oxygen atoms in total. The number of nitrogens with one attached hydrogen (secondary N) is 2. The molecule has 2 N–H and O–H groups in total. The second kappa shape index (κ2) is 5.81. The maximum Gasteiger partial charge on any atom is 0.333 e. The largest absolute Gasteiger partial charge is 0.454 e. The summed E-state index contributed by atoms with van der Waals surface area (Å²) >= 11 is 0. The van der Waals surface area contributed by atoms with Gasteiger partial charge in [0.05, 0.1) is 0 Å². The number of benzene rings is 1. The SMILES string of the molecule is C[C@H]1CCC[C@H](C)N1NC(=O)Nc1ccc2c(c1)OCO2. The first kappa shape index (κ1) is 14.0. The Morgan fingerprint density at radius 2 is 1.90 bits per heavy atom. The maximum absolute atomic E-state index is 12.1. The first-order valence-corrected chi connectivity index (χ1v) is 7.39. The van der Waals surface area contributed by atoms with Crippen molar-refractivity contribution < 1.29 is 14.3 Å². The number of nitrogens with zero attached hydrogens (tertiary/aromatic N) is 1. The number of hydrogen-bond acceptors (Lipinski definition) is 4. The molecule has 2 aliphatic rings. The normalized spacial score (nSPS) is 24.7. The summed E-state index contributed by atoms with van der Waals surface area (Å²) < 4.78 is 10.5. The van der Waals surface area contributed by atoms with Crippen molar-refractivity contribution in [2.45, 2.75) is 45.2 Å². The summed E-state index contributed by atoms with van der Waals surface area (Å²) in [5.74, 6) is 1.37. The predicted molar refractivity (Wildman–Crippen MR) is 79.3 cm³/mol. The number of rotatable bonds is 2. The van der Waals surface area contributed by atoms with Gasteiger partial charge in [-0.1, -0.05) is 6.42 Å². The number of carbonyl (C=O) groups excluding carboxylic acids is 1. The molecule has 0 bridgehead atoms. The number of urea groups is 1. The number of piperidine rings is 1. The first-order chi connectivity index (χ1) is 10.1. The van der Waals surface area contributed by atoms with E-state index >= 15 is 0 Å². The fourth-order valence-electron chi connectivity index (χ4n) is 2.89. The Morgan fingerprint density at radius 1 is 1.19 bits per heavy atom. The van der Waals surface area contributed by atoms with Gasteiger partial charge in [0.2, 0.25) is 6.79 Å². The Hall–Kier alpha value is -1.95. The highest BCUT2D eigenvalue weighted by molar-refractivity contribution is 5.89. The van der Waals surface area contributed by atoms with Crippen molar-refractivity contribution in [3.8, 4) is 11.5 Å². The van der Waals surface area contributed by atoms with E-state index in [1.54, 1.807) is 18.2 Å². The summed E-state index contributed by atoms with van der Waals surface area (Å²) in [6.45, 7) is 4.50. The van der Waals surface area contributed by atoms with Crippen LogP contribution < -0.4 is 20.2 Å². The van der Waals surface area contributed by atoms with E-state index in [0.717, 1.165) is 12.8 Å². The highest BCUT2D eigenvalue weighted by Gasteiger charge is 2.26. The van der Waals surface area contributed by atoms with Crippen molar-refractivity contribution in [3.05, 3.63) is 18.2 Å². The van der Waals surface area contributed by atoms with Gasteiger partial charge in [0.1, 0.15) is 0 Å². The topological polar surface area (TPSA) is 62.8 Å². The highest BCUT2D eigenvalue weighted by atomic mass is 16.7. The zero-order valence-corrected chi connectivity index (χ0v) is 12.4. The Morgan fingerprint density at radius 3 is 2.67 bits per heavy atom. The summed E-state index contributed by atoms with van der Waals surface area (Å²) in [5, 5.41) is 4.87. The van der Waals surface area contributed by atoms with Crippen LogP contribution in [0, 0.1) is 0 Å². The molecule has 21 heavy (non-hydrogen) atoms. The summed E-state index contributed by atoms with van der Waals surface area (Å²) in [4.78, 5) is 12.1. The Kier molecular flexibility index (Phi) is 3.88. The van der Waals surface area contributed by atoms with Crippen molar-refractivity contribution in [1.29, 1.82) is 0 Å². The molecule has 3 rings (SSSR count).